The molecule has 21 heavy (non-hydrogen) atoms. The lowest BCUT2D eigenvalue weighted by Crippen LogP contribution is -1.98. The second-order valence-electron chi connectivity index (χ2n) is 4.92. The number of carbonyl (C=O) groups excluding carboxylic acids is 1. The molecule has 0 aromatic heterocycles. The largest absolute Gasteiger partial charge is 0.457 e. The molecule has 1 aliphatic rings. The van der Waals surface area contributed by atoms with Gasteiger partial charge in [-0.3, -0.25) is 0 Å². The normalized spacial score (nSPS) is 14.5. The smallest absolute Gasteiger partial charge is 0.339 e. The number of benzene rings is 2. The number of hydrogen-bond donors (Lipinski definition) is 0. The fourth-order valence-electron chi connectivity index (χ4n) is 2.33. The molecule has 2 nitrogen and oxygen atoms in total. The van der Waals surface area contributed by atoms with Crippen LogP contribution < -0.4 is 0 Å². The fraction of sp³-hybridized carbons (Fsp3) is 0.118. The summed E-state index contributed by atoms with van der Waals surface area (Å²) in [4.78, 5) is 12.1. The minimum absolute atomic E-state index is 0.275. The highest BCUT2D eigenvalue weighted by Gasteiger charge is 2.27. The Labute approximate surface area is 132 Å². The summed E-state index contributed by atoms with van der Waals surface area (Å²) in [5.41, 5.74) is 4.30. The second kappa shape index (κ2) is 5.55. The third-order valence-corrected chi connectivity index (χ3v) is 4.20. The molecule has 0 amide bonds. The van der Waals surface area contributed by atoms with Crippen LogP contribution in [-0.4, -0.2) is 12.6 Å². The number of halogens is 2. The number of ether oxygens (including phenoxy) is 1. The van der Waals surface area contributed by atoms with Crippen LogP contribution in [0.1, 0.15) is 16.7 Å². The van der Waals surface area contributed by atoms with Gasteiger partial charge in [-0.05, 0) is 30.2 Å². The van der Waals surface area contributed by atoms with Crippen molar-refractivity contribution in [3.63, 3.8) is 0 Å². The molecule has 0 unspecified atom stereocenters. The topological polar surface area (TPSA) is 26.3 Å². The van der Waals surface area contributed by atoms with Crippen LogP contribution in [0.5, 0.6) is 0 Å². The van der Waals surface area contributed by atoms with Gasteiger partial charge in [0.2, 0.25) is 0 Å². The molecule has 0 spiro atoms. The zero-order valence-corrected chi connectivity index (χ0v) is 12.8. The monoisotopic (exact) mass is 318 g/mol. The van der Waals surface area contributed by atoms with E-state index >= 15 is 0 Å². The van der Waals surface area contributed by atoms with Crippen molar-refractivity contribution in [3.8, 4) is 0 Å². The number of hydrogen-bond acceptors (Lipinski definition) is 2. The van der Waals surface area contributed by atoms with Crippen LogP contribution in [-0.2, 0) is 9.53 Å². The van der Waals surface area contributed by atoms with Crippen molar-refractivity contribution in [2.45, 2.75) is 6.92 Å². The Balaban J connectivity index is 2.14. The lowest BCUT2D eigenvalue weighted by atomic mass is 9.96. The number of rotatable bonds is 2. The molecule has 1 aliphatic heterocycles. The number of aryl methyl sites for hydroxylation is 1. The van der Waals surface area contributed by atoms with Crippen molar-refractivity contribution in [3.05, 3.63) is 69.2 Å². The zero-order valence-electron chi connectivity index (χ0n) is 11.3. The van der Waals surface area contributed by atoms with Gasteiger partial charge in [0.25, 0.3) is 0 Å². The maximum atomic E-state index is 12.1. The zero-order chi connectivity index (χ0) is 15.0. The van der Waals surface area contributed by atoms with E-state index in [0.717, 1.165) is 16.7 Å². The molecule has 1 heterocycles. The molecule has 0 radical (unpaired) electrons. The Morgan fingerprint density at radius 3 is 2.29 bits per heavy atom. The van der Waals surface area contributed by atoms with E-state index in [9.17, 15) is 4.79 Å². The number of cyclic esters (lactones) is 1. The third kappa shape index (κ3) is 2.69. The van der Waals surface area contributed by atoms with Crippen molar-refractivity contribution in [1.29, 1.82) is 0 Å². The summed E-state index contributed by atoms with van der Waals surface area (Å²) in [7, 11) is 0. The molecule has 0 fully saturated rings. The summed E-state index contributed by atoms with van der Waals surface area (Å²) >= 11 is 12.0. The van der Waals surface area contributed by atoms with Gasteiger partial charge in [0.05, 0.1) is 15.6 Å². The molecule has 0 aliphatic carbocycles. The summed E-state index contributed by atoms with van der Waals surface area (Å²) in [5, 5.41) is 0.883. The van der Waals surface area contributed by atoms with E-state index in [1.807, 2.05) is 31.2 Å². The van der Waals surface area contributed by atoms with Gasteiger partial charge in [0, 0.05) is 5.57 Å². The first-order valence-corrected chi connectivity index (χ1v) is 7.24. The van der Waals surface area contributed by atoms with E-state index in [1.165, 1.54) is 5.56 Å². The lowest BCUT2D eigenvalue weighted by Gasteiger charge is -2.06. The second-order valence-corrected chi connectivity index (χ2v) is 5.74. The van der Waals surface area contributed by atoms with Gasteiger partial charge in [-0.25, -0.2) is 4.79 Å². The van der Waals surface area contributed by atoms with Crippen LogP contribution in [0, 0.1) is 6.92 Å². The SMILES string of the molecule is Cc1ccc(C2=C(c3ccc(Cl)c(Cl)c3)C(=O)OC2)cc1. The van der Waals surface area contributed by atoms with Crippen LogP contribution in [0.4, 0.5) is 0 Å². The number of carbonyl (C=O) groups is 1. The Morgan fingerprint density at radius 2 is 1.62 bits per heavy atom. The van der Waals surface area contributed by atoms with Gasteiger partial charge in [-0.2, -0.15) is 0 Å². The van der Waals surface area contributed by atoms with Gasteiger partial charge in [0.15, 0.2) is 0 Å². The van der Waals surface area contributed by atoms with E-state index in [1.54, 1.807) is 18.2 Å². The Bertz CT molecular complexity index is 746. The molecular weight excluding hydrogens is 307 g/mol. The third-order valence-electron chi connectivity index (χ3n) is 3.46. The van der Waals surface area contributed by atoms with Gasteiger partial charge in [-0.15, -0.1) is 0 Å². The highest BCUT2D eigenvalue weighted by Crippen LogP contribution is 2.35. The summed E-state index contributed by atoms with van der Waals surface area (Å²) < 4.78 is 5.20. The first kappa shape index (κ1) is 14.2. The van der Waals surface area contributed by atoms with Crippen molar-refractivity contribution >= 4 is 40.3 Å². The van der Waals surface area contributed by atoms with Crippen LogP contribution in [0.25, 0.3) is 11.1 Å². The van der Waals surface area contributed by atoms with E-state index in [2.05, 4.69) is 0 Å². The molecule has 0 saturated carbocycles. The van der Waals surface area contributed by atoms with Gasteiger partial charge in [0.1, 0.15) is 6.61 Å². The summed E-state index contributed by atoms with van der Waals surface area (Å²) in [5.74, 6) is -0.330. The molecular formula is C17H12Cl2O2. The van der Waals surface area contributed by atoms with Crippen LogP contribution in [0.3, 0.4) is 0 Å². The molecule has 3 rings (SSSR count). The minimum atomic E-state index is -0.330. The van der Waals surface area contributed by atoms with E-state index in [-0.39, 0.29) is 12.6 Å². The molecule has 0 atom stereocenters. The van der Waals surface area contributed by atoms with Crippen molar-refractivity contribution in [2.75, 3.05) is 6.61 Å². The molecule has 0 bridgehead atoms. The molecule has 4 heteroatoms. The highest BCUT2D eigenvalue weighted by atomic mass is 35.5. The Hall–Kier alpha value is -1.77. The predicted octanol–water partition coefficient (Wildman–Crippen LogP) is 4.77. The lowest BCUT2D eigenvalue weighted by molar-refractivity contribution is -0.133. The predicted molar refractivity (Wildman–Crippen MR) is 85.4 cm³/mol. The molecule has 106 valence electrons. The number of esters is 1. The fourth-order valence-corrected chi connectivity index (χ4v) is 2.63. The minimum Gasteiger partial charge on any atom is -0.457 e. The molecule has 2 aromatic rings. The Morgan fingerprint density at radius 1 is 0.952 bits per heavy atom. The summed E-state index contributed by atoms with van der Waals surface area (Å²) in [6.07, 6.45) is 0. The van der Waals surface area contributed by atoms with Crippen molar-refractivity contribution < 1.29 is 9.53 Å². The van der Waals surface area contributed by atoms with Crippen molar-refractivity contribution in [2.24, 2.45) is 0 Å². The maximum absolute atomic E-state index is 12.1. The molecule has 2 aromatic carbocycles. The van der Waals surface area contributed by atoms with Crippen molar-refractivity contribution in [1.82, 2.24) is 0 Å². The summed E-state index contributed by atoms with van der Waals surface area (Å²) in [6, 6.07) is 13.2. The summed E-state index contributed by atoms with van der Waals surface area (Å²) in [6.45, 7) is 2.30. The van der Waals surface area contributed by atoms with Gasteiger partial charge < -0.3 is 4.74 Å². The van der Waals surface area contributed by atoms with E-state index < -0.39 is 0 Å². The average Bonchev–Trinajstić information content (AvgIpc) is 2.85. The van der Waals surface area contributed by atoms with Gasteiger partial charge >= 0.3 is 5.97 Å². The average molecular weight is 319 g/mol. The van der Waals surface area contributed by atoms with Crippen LogP contribution in [0.15, 0.2) is 42.5 Å². The Kier molecular flexibility index (Phi) is 3.75. The maximum Gasteiger partial charge on any atom is 0.339 e. The van der Waals surface area contributed by atoms with E-state index in [4.69, 9.17) is 27.9 Å². The van der Waals surface area contributed by atoms with Crippen LogP contribution >= 0.6 is 23.2 Å². The van der Waals surface area contributed by atoms with Gasteiger partial charge in [-0.1, -0.05) is 59.1 Å². The quantitative estimate of drug-likeness (QED) is 0.745. The molecule has 0 N–H and O–H groups in total. The van der Waals surface area contributed by atoms with E-state index in [0.29, 0.717) is 15.6 Å². The first-order valence-electron chi connectivity index (χ1n) is 6.49. The standard InChI is InChI=1S/C17H12Cl2O2/c1-10-2-4-11(5-3-10)13-9-21-17(20)16(13)12-6-7-14(18)15(19)8-12/h2-8H,9H2,1H3. The van der Waals surface area contributed by atoms with Crippen LogP contribution in [0.2, 0.25) is 10.0 Å². The highest BCUT2D eigenvalue weighted by molar-refractivity contribution is 6.42. The first-order chi connectivity index (χ1) is 10.1. The molecule has 0 saturated heterocycles.